The summed E-state index contributed by atoms with van der Waals surface area (Å²) in [6, 6.07) is 9.72. The van der Waals surface area contributed by atoms with Gasteiger partial charge in [-0.15, -0.1) is 0 Å². The van der Waals surface area contributed by atoms with Gasteiger partial charge in [0, 0.05) is 23.4 Å². The maximum Gasteiger partial charge on any atom is 0.249 e. The average Bonchev–Trinajstić information content (AvgIpc) is 2.89. The molecule has 1 aromatic carbocycles. The molecule has 0 saturated carbocycles. The number of para-hydroxylation sites is 1. The van der Waals surface area contributed by atoms with Gasteiger partial charge in [0.1, 0.15) is 11.7 Å². The molecule has 2 amide bonds. The summed E-state index contributed by atoms with van der Waals surface area (Å²) in [7, 11) is 0. The molecule has 0 spiro atoms. The third-order valence-electron chi connectivity index (χ3n) is 4.77. The molecule has 1 fully saturated rings. The summed E-state index contributed by atoms with van der Waals surface area (Å²) < 4.78 is 2.00. The lowest BCUT2D eigenvalue weighted by molar-refractivity contribution is -0.135. The highest BCUT2D eigenvalue weighted by atomic mass is 16.2. The molecule has 1 N–H and O–H groups in total. The predicted octanol–water partition coefficient (Wildman–Crippen LogP) is 3.29. The number of nitrogens with one attached hydrogen (secondary N) is 1. The van der Waals surface area contributed by atoms with E-state index in [2.05, 4.69) is 30.2 Å². The fourth-order valence-corrected chi connectivity index (χ4v) is 3.66. The SMILES string of the molecule is CC(C)c1ccnc2c1c1ccccc1n2C1CCC(=O)NC1=O. The number of benzene rings is 1. The van der Waals surface area contributed by atoms with E-state index < -0.39 is 6.04 Å². The van der Waals surface area contributed by atoms with Crippen LogP contribution in [0, 0.1) is 0 Å². The van der Waals surface area contributed by atoms with E-state index in [-0.39, 0.29) is 11.8 Å². The number of hydrogen-bond acceptors (Lipinski definition) is 3. The van der Waals surface area contributed by atoms with Crippen molar-refractivity contribution in [1.29, 1.82) is 0 Å². The zero-order valence-corrected chi connectivity index (χ0v) is 13.7. The Labute approximate surface area is 139 Å². The first kappa shape index (κ1) is 14.9. The summed E-state index contributed by atoms with van der Waals surface area (Å²) in [5, 5.41) is 4.67. The number of carbonyl (C=O) groups is 2. The van der Waals surface area contributed by atoms with Gasteiger partial charge in [0.05, 0.1) is 5.52 Å². The monoisotopic (exact) mass is 321 g/mol. The molecule has 1 aliphatic rings. The second-order valence-electron chi connectivity index (χ2n) is 6.61. The fourth-order valence-electron chi connectivity index (χ4n) is 3.66. The summed E-state index contributed by atoms with van der Waals surface area (Å²) in [5.74, 6) is -0.0879. The number of amides is 2. The number of piperidine rings is 1. The van der Waals surface area contributed by atoms with Gasteiger partial charge >= 0.3 is 0 Å². The highest BCUT2D eigenvalue weighted by Crippen LogP contribution is 2.36. The van der Waals surface area contributed by atoms with Crippen LogP contribution >= 0.6 is 0 Å². The molecular weight excluding hydrogens is 302 g/mol. The van der Waals surface area contributed by atoms with Crippen LogP contribution in [0.25, 0.3) is 21.9 Å². The number of rotatable bonds is 2. The van der Waals surface area contributed by atoms with Gasteiger partial charge in [0.2, 0.25) is 11.8 Å². The minimum absolute atomic E-state index is 0.201. The molecule has 5 heteroatoms. The van der Waals surface area contributed by atoms with Gasteiger partial charge in [-0.05, 0) is 30.0 Å². The van der Waals surface area contributed by atoms with Gasteiger partial charge in [0.15, 0.2) is 0 Å². The maximum atomic E-state index is 12.4. The van der Waals surface area contributed by atoms with Crippen molar-refractivity contribution >= 4 is 33.8 Å². The largest absolute Gasteiger partial charge is 0.313 e. The van der Waals surface area contributed by atoms with Crippen molar-refractivity contribution in [3.8, 4) is 0 Å². The topological polar surface area (TPSA) is 64.0 Å². The second-order valence-corrected chi connectivity index (χ2v) is 6.61. The maximum absolute atomic E-state index is 12.4. The first-order valence-electron chi connectivity index (χ1n) is 8.29. The van der Waals surface area contributed by atoms with Gasteiger partial charge in [-0.25, -0.2) is 4.98 Å². The van der Waals surface area contributed by atoms with Crippen LogP contribution in [0.2, 0.25) is 0 Å². The number of pyridine rings is 1. The molecule has 24 heavy (non-hydrogen) atoms. The smallest absolute Gasteiger partial charge is 0.249 e. The number of nitrogens with zero attached hydrogens (tertiary/aromatic N) is 2. The standard InChI is InChI=1S/C19H19N3O2/c1-11(2)12-9-10-20-18-17(12)13-5-3-4-6-14(13)22(18)15-7-8-16(23)21-19(15)24/h3-6,9-11,15H,7-8H2,1-2H3,(H,21,23,24). The van der Waals surface area contributed by atoms with Gasteiger partial charge < -0.3 is 4.57 Å². The van der Waals surface area contributed by atoms with Crippen molar-refractivity contribution in [2.45, 2.75) is 38.6 Å². The number of fused-ring (bicyclic) bond motifs is 3. The Balaban J connectivity index is 2.06. The lowest BCUT2D eigenvalue weighted by Gasteiger charge is -2.23. The van der Waals surface area contributed by atoms with E-state index in [0.717, 1.165) is 21.9 Å². The molecule has 1 saturated heterocycles. The molecule has 2 aromatic heterocycles. The number of aromatic nitrogens is 2. The Morgan fingerprint density at radius 3 is 2.75 bits per heavy atom. The number of hydrogen-bond donors (Lipinski definition) is 1. The molecular formula is C19H19N3O2. The Morgan fingerprint density at radius 2 is 2.00 bits per heavy atom. The Kier molecular flexibility index (Phi) is 3.37. The second kappa shape index (κ2) is 5.44. The van der Waals surface area contributed by atoms with Crippen LogP contribution in [0.3, 0.4) is 0 Å². The molecule has 0 bridgehead atoms. The molecule has 3 aromatic rings. The normalized spacial score (nSPS) is 18.5. The van der Waals surface area contributed by atoms with Crippen molar-refractivity contribution < 1.29 is 9.59 Å². The Morgan fingerprint density at radius 1 is 1.21 bits per heavy atom. The molecule has 122 valence electrons. The number of carbonyl (C=O) groups excluding carboxylic acids is 2. The van der Waals surface area contributed by atoms with Crippen LogP contribution in [0.1, 0.15) is 44.2 Å². The quantitative estimate of drug-likeness (QED) is 0.737. The first-order valence-corrected chi connectivity index (χ1v) is 8.29. The highest BCUT2D eigenvalue weighted by Gasteiger charge is 2.31. The van der Waals surface area contributed by atoms with E-state index in [1.54, 1.807) is 6.20 Å². The molecule has 4 rings (SSSR count). The van der Waals surface area contributed by atoms with Crippen LogP contribution in [0.15, 0.2) is 36.5 Å². The van der Waals surface area contributed by atoms with Gasteiger partial charge in [0.25, 0.3) is 0 Å². The summed E-state index contributed by atoms with van der Waals surface area (Å²) in [4.78, 5) is 28.5. The molecule has 0 aliphatic carbocycles. The number of imide groups is 1. The van der Waals surface area contributed by atoms with Crippen molar-refractivity contribution in [3.63, 3.8) is 0 Å². The lowest BCUT2D eigenvalue weighted by atomic mass is 9.99. The van der Waals surface area contributed by atoms with Crippen LogP contribution in [0.5, 0.6) is 0 Å². The molecule has 1 aliphatic heterocycles. The van der Waals surface area contributed by atoms with E-state index in [9.17, 15) is 9.59 Å². The zero-order valence-electron chi connectivity index (χ0n) is 13.7. The van der Waals surface area contributed by atoms with E-state index in [1.807, 2.05) is 28.8 Å². The Hall–Kier alpha value is -2.69. The first-order chi connectivity index (χ1) is 11.6. The van der Waals surface area contributed by atoms with Crippen LogP contribution in [0.4, 0.5) is 0 Å². The van der Waals surface area contributed by atoms with Crippen molar-refractivity contribution in [2.75, 3.05) is 0 Å². The molecule has 0 radical (unpaired) electrons. The minimum atomic E-state index is -0.403. The molecule has 5 nitrogen and oxygen atoms in total. The van der Waals surface area contributed by atoms with Gasteiger partial charge in [-0.3, -0.25) is 14.9 Å². The van der Waals surface area contributed by atoms with Crippen LogP contribution < -0.4 is 5.32 Å². The average molecular weight is 321 g/mol. The molecule has 1 unspecified atom stereocenters. The lowest BCUT2D eigenvalue weighted by Crippen LogP contribution is -2.41. The van der Waals surface area contributed by atoms with E-state index in [1.165, 1.54) is 5.56 Å². The summed E-state index contributed by atoms with van der Waals surface area (Å²) in [6.07, 6.45) is 2.67. The third kappa shape index (κ3) is 2.12. The predicted molar refractivity (Wildman–Crippen MR) is 92.7 cm³/mol. The summed E-state index contributed by atoms with van der Waals surface area (Å²) >= 11 is 0. The van der Waals surface area contributed by atoms with Crippen LogP contribution in [-0.4, -0.2) is 21.4 Å². The zero-order chi connectivity index (χ0) is 16.8. The summed E-state index contributed by atoms with van der Waals surface area (Å²) in [6.45, 7) is 4.32. The minimum Gasteiger partial charge on any atom is -0.313 e. The molecule has 3 heterocycles. The van der Waals surface area contributed by atoms with Crippen molar-refractivity contribution in [2.24, 2.45) is 0 Å². The van der Waals surface area contributed by atoms with E-state index in [4.69, 9.17) is 0 Å². The van der Waals surface area contributed by atoms with Gasteiger partial charge in [-0.2, -0.15) is 0 Å². The summed E-state index contributed by atoms with van der Waals surface area (Å²) in [5.41, 5.74) is 3.03. The highest BCUT2D eigenvalue weighted by molar-refractivity contribution is 6.10. The van der Waals surface area contributed by atoms with Crippen molar-refractivity contribution in [3.05, 3.63) is 42.1 Å². The third-order valence-corrected chi connectivity index (χ3v) is 4.77. The van der Waals surface area contributed by atoms with Crippen LogP contribution in [-0.2, 0) is 9.59 Å². The van der Waals surface area contributed by atoms with Crippen molar-refractivity contribution in [1.82, 2.24) is 14.9 Å². The Bertz CT molecular complexity index is 971. The van der Waals surface area contributed by atoms with E-state index in [0.29, 0.717) is 18.8 Å². The van der Waals surface area contributed by atoms with Gasteiger partial charge in [-0.1, -0.05) is 32.0 Å². The molecule has 1 atom stereocenters. The fraction of sp³-hybridized carbons (Fsp3) is 0.316. The van der Waals surface area contributed by atoms with E-state index >= 15 is 0 Å².